The summed E-state index contributed by atoms with van der Waals surface area (Å²) >= 11 is 0. The van der Waals surface area contributed by atoms with Crippen molar-refractivity contribution in [3.63, 3.8) is 0 Å². The summed E-state index contributed by atoms with van der Waals surface area (Å²) in [6.45, 7) is 0.255. The van der Waals surface area contributed by atoms with Crippen LogP contribution in [0, 0.1) is 0 Å². The molecule has 0 fully saturated rings. The first-order valence-corrected chi connectivity index (χ1v) is 8.79. The van der Waals surface area contributed by atoms with E-state index in [-0.39, 0.29) is 6.61 Å². The van der Waals surface area contributed by atoms with Crippen LogP contribution < -0.4 is 4.74 Å². The third-order valence-corrected chi connectivity index (χ3v) is 4.57. The normalized spacial score (nSPS) is 11.1. The van der Waals surface area contributed by atoms with Gasteiger partial charge in [-0.3, -0.25) is 0 Å². The largest absolute Gasteiger partial charge is 0.485 e. The second-order valence-electron chi connectivity index (χ2n) is 6.34. The van der Waals surface area contributed by atoms with Crippen LogP contribution in [0.25, 0.3) is 33.0 Å². The molecule has 4 heteroatoms. The molecular formula is C23H16N2O2. The van der Waals surface area contributed by atoms with E-state index in [1.165, 1.54) is 5.39 Å². The minimum Gasteiger partial charge on any atom is -0.485 e. The molecule has 0 bridgehead atoms. The number of fused-ring (bicyclic) bond motifs is 2. The molecule has 5 rings (SSSR count). The number of nitrogens with zero attached hydrogens (tertiary/aromatic N) is 2. The highest BCUT2D eigenvalue weighted by atomic mass is 16.5. The molecule has 0 saturated heterocycles. The van der Waals surface area contributed by atoms with Gasteiger partial charge in [-0.25, -0.2) is 0 Å². The maximum Gasteiger partial charge on any atom is 0.258 e. The molecule has 130 valence electrons. The van der Waals surface area contributed by atoms with Crippen LogP contribution in [0.1, 0.15) is 5.82 Å². The molecule has 0 N–H and O–H groups in total. The number of hydrogen-bond acceptors (Lipinski definition) is 4. The number of ether oxygens (including phenoxy) is 1. The van der Waals surface area contributed by atoms with Crippen LogP contribution >= 0.6 is 0 Å². The van der Waals surface area contributed by atoms with Crippen molar-refractivity contribution in [3.8, 4) is 17.2 Å². The van der Waals surface area contributed by atoms with Gasteiger partial charge < -0.3 is 9.26 Å². The minimum atomic E-state index is 0.255. The van der Waals surface area contributed by atoms with Crippen LogP contribution in [-0.2, 0) is 6.61 Å². The van der Waals surface area contributed by atoms with Gasteiger partial charge in [0.2, 0.25) is 5.82 Å². The smallest absolute Gasteiger partial charge is 0.258 e. The number of rotatable bonds is 4. The fourth-order valence-corrected chi connectivity index (χ4v) is 3.22. The molecule has 0 saturated carbocycles. The van der Waals surface area contributed by atoms with Crippen molar-refractivity contribution < 1.29 is 9.26 Å². The number of aromatic nitrogens is 2. The first-order chi connectivity index (χ1) is 13.4. The molecule has 4 nitrogen and oxygen atoms in total. The highest BCUT2D eigenvalue weighted by Crippen LogP contribution is 2.26. The molecule has 5 aromatic rings. The maximum absolute atomic E-state index is 5.94. The zero-order valence-electron chi connectivity index (χ0n) is 14.5. The molecule has 0 aliphatic heterocycles. The third-order valence-electron chi connectivity index (χ3n) is 4.57. The Labute approximate surface area is 156 Å². The Hall–Kier alpha value is -3.66. The Morgan fingerprint density at radius 1 is 0.741 bits per heavy atom. The molecule has 0 aliphatic carbocycles. The van der Waals surface area contributed by atoms with Gasteiger partial charge in [-0.2, -0.15) is 4.98 Å². The summed E-state index contributed by atoms with van der Waals surface area (Å²) in [4.78, 5) is 4.48. The van der Waals surface area contributed by atoms with E-state index in [4.69, 9.17) is 9.26 Å². The second kappa shape index (κ2) is 6.57. The second-order valence-corrected chi connectivity index (χ2v) is 6.34. The van der Waals surface area contributed by atoms with Crippen molar-refractivity contribution in [2.45, 2.75) is 6.61 Å². The van der Waals surface area contributed by atoms with E-state index in [1.54, 1.807) is 0 Å². The van der Waals surface area contributed by atoms with Crippen LogP contribution in [0.2, 0.25) is 0 Å². The zero-order valence-corrected chi connectivity index (χ0v) is 14.5. The van der Waals surface area contributed by atoms with Gasteiger partial charge in [0.25, 0.3) is 5.89 Å². The molecule has 1 heterocycles. The Balaban J connectivity index is 1.38. The standard InChI is InChI=1S/C23H16N2O2/c1-2-8-18-14-19(13-12-16(18)6-1)23-24-22(25-27-23)15-26-21-11-5-9-17-7-3-4-10-20(17)21/h1-14H,15H2. The van der Waals surface area contributed by atoms with Crippen molar-refractivity contribution in [3.05, 3.63) is 90.8 Å². The summed E-state index contributed by atoms with van der Waals surface area (Å²) in [5.74, 6) is 1.83. The molecule has 1 aromatic heterocycles. The lowest BCUT2D eigenvalue weighted by Crippen LogP contribution is -1.98. The zero-order chi connectivity index (χ0) is 18.1. The fraction of sp³-hybridized carbons (Fsp3) is 0.0435. The van der Waals surface area contributed by atoms with E-state index in [2.05, 4.69) is 46.5 Å². The molecule has 27 heavy (non-hydrogen) atoms. The van der Waals surface area contributed by atoms with Crippen LogP contribution in [-0.4, -0.2) is 10.1 Å². The summed E-state index contributed by atoms with van der Waals surface area (Å²) in [6.07, 6.45) is 0. The lowest BCUT2D eigenvalue weighted by atomic mass is 10.1. The summed E-state index contributed by atoms with van der Waals surface area (Å²) in [6, 6.07) is 28.4. The Morgan fingerprint density at radius 3 is 2.44 bits per heavy atom. The van der Waals surface area contributed by atoms with E-state index in [0.717, 1.165) is 27.5 Å². The molecule has 0 amide bonds. The van der Waals surface area contributed by atoms with Gasteiger partial charge in [0.15, 0.2) is 6.61 Å². The van der Waals surface area contributed by atoms with Crippen LogP contribution in [0.4, 0.5) is 0 Å². The summed E-state index contributed by atoms with van der Waals surface area (Å²) < 4.78 is 11.4. The van der Waals surface area contributed by atoms with Crippen molar-refractivity contribution in [1.29, 1.82) is 0 Å². The lowest BCUT2D eigenvalue weighted by molar-refractivity contribution is 0.290. The first kappa shape index (κ1) is 15.6. The van der Waals surface area contributed by atoms with E-state index in [1.807, 2.05) is 48.5 Å². The molecule has 0 radical (unpaired) electrons. The highest BCUT2D eigenvalue weighted by Gasteiger charge is 2.11. The lowest BCUT2D eigenvalue weighted by Gasteiger charge is -2.07. The summed E-state index contributed by atoms with van der Waals surface area (Å²) in [5.41, 5.74) is 0.901. The maximum atomic E-state index is 5.94. The number of benzene rings is 4. The summed E-state index contributed by atoms with van der Waals surface area (Å²) in [5, 5.41) is 8.58. The molecule has 4 aromatic carbocycles. The average Bonchev–Trinajstić information content (AvgIpc) is 3.21. The SMILES string of the molecule is c1ccc2cc(-c3nc(COc4cccc5ccccc45)no3)ccc2c1. The first-order valence-electron chi connectivity index (χ1n) is 8.79. The quantitative estimate of drug-likeness (QED) is 0.421. The Morgan fingerprint density at radius 2 is 1.52 bits per heavy atom. The van der Waals surface area contributed by atoms with E-state index >= 15 is 0 Å². The van der Waals surface area contributed by atoms with Gasteiger partial charge in [-0.15, -0.1) is 0 Å². The van der Waals surface area contributed by atoms with Crippen molar-refractivity contribution in [2.24, 2.45) is 0 Å². The number of hydrogen-bond donors (Lipinski definition) is 0. The highest BCUT2D eigenvalue weighted by molar-refractivity contribution is 5.88. The van der Waals surface area contributed by atoms with Crippen molar-refractivity contribution in [2.75, 3.05) is 0 Å². The van der Waals surface area contributed by atoms with Gasteiger partial charge in [0.05, 0.1) is 0 Å². The average molecular weight is 352 g/mol. The van der Waals surface area contributed by atoms with Crippen LogP contribution in [0.5, 0.6) is 5.75 Å². The molecule has 0 aliphatic rings. The minimum absolute atomic E-state index is 0.255. The molecule has 0 atom stereocenters. The fourth-order valence-electron chi connectivity index (χ4n) is 3.22. The van der Waals surface area contributed by atoms with E-state index in [9.17, 15) is 0 Å². The molecule has 0 unspecified atom stereocenters. The summed E-state index contributed by atoms with van der Waals surface area (Å²) in [7, 11) is 0. The predicted molar refractivity (Wildman–Crippen MR) is 106 cm³/mol. The Kier molecular flexibility index (Phi) is 3.79. The molecular weight excluding hydrogens is 336 g/mol. The van der Waals surface area contributed by atoms with Crippen molar-refractivity contribution in [1.82, 2.24) is 10.1 Å². The van der Waals surface area contributed by atoms with Crippen LogP contribution in [0.15, 0.2) is 89.5 Å². The topological polar surface area (TPSA) is 48.2 Å². The van der Waals surface area contributed by atoms with Crippen LogP contribution in [0.3, 0.4) is 0 Å². The van der Waals surface area contributed by atoms with E-state index in [0.29, 0.717) is 11.7 Å². The van der Waals surface area contributed by atoms with Gasteiger partial charge in [-0.1, -0.05) is 71.9 Å². The van der Waals surface area contributed by atoms with Crippen molar-refractivity contribution >= 4 is 21.5 Å². The van der Waals surface area contributed by atoms with Gasteiger partial charge in [-0.05, 0) is 34.4 Å². The predicted octanol–water partition coefficient (Wildman–Crippen LogP) is 5.62. The van der Waals surface area contributed by atoms with Gasteiger partial charge >= 0.3 is 0 Å². The Bertz CT molecular complexity index is 1240. The third kappa shape index (κ3) is 3.02. The van der Waals surface area contributed by atoms with Gasteiger partial charge in [0.1, 0.15) is 5.75 Å². The molecule has 0 spiro atoms. The monoisotopic (exact) mass is 352 g/mol. The van der Waals surface area contributed by atoms with E-state index < -0.39 is 0 Å². The van der Waals surface area contributed by atoms with Gasteiger partial charge in [0, 0.05) is 10.9 Å².